The van der Waals surface area contributed by atoms with E-state index in [0.29, 0.717) is 12.3 Å². The van der Waals surface area contributed by atoms with Crippen LogP contribution in [0.15, 0.2) is 36.7 Å². The quantitative estimate of drug-likeness (QED) is 0.876. The van der Waals surface area contributed by atoms with Crippen LogP contribution in [0.1, 0.15) is 17.8 Å². The number of hydrogen-bond acceptors (Lipinski definition) is 4. The standard InChI is InChI=1S/C14H17N3O/c1-11-5-2-3-6-13(11)18-12-9-16-14(17-10-12)7-4-8-15/h2-3,5-6,9-10H,4,7-8,15H2,1H3. The number of nitrogens with zero attached hydrogens (tertiary/aromatic N) is 2. The minimum atomic E-state index is 0.654. The Morgan fingerprint density at radius 1 is 1.17 bits per heavy atom. The maximum absolute atomic E-state index is 5.72. The van der Waals surface area contributed by atoms with Crippen LogP contribution in [0, 0.1) is 6.92 Å². The molecule has 2 N–H and O–H groups in total. The number of benzene rings is 1. The van der Waals surface area contributed by atoms with Gasteiger partial charge in [0, 0.05) is 6.42 Å². The highest BCUT2D eigenvalue weighted by Crippen LogP contribution is 2.23. The third-order valence-electron chi connectivity index (χ3n) is 2.61. The van der Waals surface area contributed by atoms with Gasteiger partial charge in [0.25, 0.3) is 0 Å². The van der Waals surface area contributed by atoms with Gasteiger partial charge in [0.05, 0.1) is 12.4 Å². The molecule has 0 aliphatic carbocycles. The number of ether oxygens (including phenoxy) is 1. The predicted octanol–water partition coefficient (Wildman–Crippen LogP) is 2.47. The van der Waals surface area contributed by atoms with Gasteiger partial charge in [0.2, 0.25) is 0 Å². The molecule has 2 aromatic rings. The van der Waals surface area contributed by atoms with E-state index in [2.05, 4.69) is 9.97 Å². The Kier molecular flexibility index (Phi) is 4.25. The number of rotatable bonds is 5. The molecule has 0 unspecified atom stereocenters. The van der Waals surface area contributed by atoms with Gasteiger partial charge in [-0.15, -0.1) is 0 Å². The monoisotopic (exact) mass is 243 g/mol. The van der Waals surface area contributed by atoms with Gasteiger partial charge in [0.15, 0.2) is 5.75 Å². The molecule has 0 aliphatic rings. The smallest absolute Gasteiger partial charge is 0.164 e. The van der Waals surface area contributed by atoms with Crippen LogP contribution in [-0.4, -0.2) is 16.5 Å². The van der Waals surface area contributed by atoms with Crippen molar-refractivity contribution in [2.24, 2.45) is 5.73 Å². The Morgan fingerprint density at radius 3 is 2.56 bits per heavy atom. The molecule has 0 aliphatic heterocycles. The molecule has 0 fully saturated rings. The predicted molar refractivity (Wildman–Crippen MR) is 70.7 cm³/mol. The molecule has 0 saturated heterocycles. The summed E-state index contributed by atoms with van der Waals surface area (Å²) in [5.74, 6) is 2.29. The summed E-state index contributed by atoms with van der Waals surface area (Å²) < 4.78 is 5.72. The average molecular weight is 243 g/mol. The second-order valence-corrected chi connectivity index (χ2v) is 4.09. The van der Waals surface area contributed by atoms with Crippen LogP contribution in [0.5, 0.6) is 11.5 Å². The number of aryl methyl sites for hydroxylation is 2. The fourth-order valence-electron chi connectivity index (χ4n) is 1.58. The van der Waals surface area contributed by atoms with Gasteiger partial charge in [-0.05, 0) is 31.5 Å². The maximum Gasteiger partial charge on any atom is 0.164 e. The molecule has 94 valence electrons. The first-order valence-electron chi connectivity index (χ1n) is 6.04. The van der Waals surface area contributed by atoms with Crippen LogP contribution in [0.4, 0.5) is 0 Å². The van der Waals surface area contributed by atoms with E-state index >= 15 is 0 Å². The van der Waals surface area contributed by atoms with Crippen molar-refractivity contribution >= 4 is 0 Å². The molecule has 0 radical (unpaired) electrons. The summed E-state index contributed by atoms with van der Waals surface area (Å²) in [6, 6.07) is 7.86. The van der Waals surface area contributed by atoms with Crippen LogP contribution in [0.2, 0.25) is 0 Å². The third-order valence-corrected chi connectivity index (χ3v) is 2.61. The maximum atomic E-state index is 5.72. The van der Waals surface area contributed by atoms with Crippen molar-refractivity contribution in [3.63, 3.8) is 0 Å². The Bertz CT molecular complexity index is 497. The van der Waals surface area contributed by atoms with Gasteiger partial charge < -0.3 is 10.5 Å². The minimum Gasteiger partial charge on any atom is -0.454 e. The lowest BCUT2D eigenvalue weighted by atomic mass is 10.2. The SMILES string of the molecule is Cc1ccccc1Oc1cnc(CCCN)nc1. The summed E-state index contributed by atoms with van der Waals surface area (Å²) in [4.78, 5) is 8.50. The molecule has 18 heavy (non-hydrogen) atoms. The lowest BCUT2D eigenvalue weighted by molar-refractivity contribution is 0.472. The summed E-state index contributed by atoms with van der Waals surface area (Å²) in [5, 5.41) is 0. The molecule has 1 aromatic heterocycles. The number of para-hydroxylation sites is 1. The number of aromatic nitrogens is 2. The summed E-state index contributed by atoms with van der Waals surface area (Å²) in [5.41, 5.74) is 6.53. The van der Waals surface area contributed by atoms with E-state index in [0.717, 1.165) is 30.0 Å². The van der Waals surface area contributed by atoms with Gasteiger partial charge in [-0.2, -0.15) is 0 Å². The Labute approximate surface area is 107 Å². The first kappa shape index (κ1) is 12.5. The van der Waals surface area contributed by atoms with Gasteiger partial charge in [-0.25, -0.2) is 9.97 Å². The van der Waals surface area contributed by atoms with Crippen molar-refractivity contribution in [3.8, 4) is 11.5 Å². The third kappa shape index (κ3) is 3.28. The van der Waals surface area contributed by atoms with Crippen molar-refractivity contribution in [2.45, 2.75) is 19.8 Å². The lowest BCUT2D eigenvalue weighted by Crippen LogP contribution is -2.03. The highest BCUT2D eigenvalue weighted by Gasteiger charge is 2.02. The van der Waals surface area contributed by atoms with Crippen LogP contribution in [0.3, 0.4) is 0 Å². The van der Waals surface area contributed by atoms with Crippen LogP contribution >= 0.6 is 0 Å². The highest BCUT2D eigenvalue weighted by molar-refractivity contribution is 5.35. The summed E-state index contributed by atoms with van der Waals surface area (Å²) >= 11 is 0. The van der Waals surface area contributed by atoms with E-state index < -0.39 is 0 Å². The molecule has 1 aromatic carbocycles. The van der Waals surface area contributed by atoms with Crippen molar-refractivity contribution in [3.05, 3.63) is 48.0 Å². The highest BCUT2D eigenvalue weighted by atomic mass is 16.5. The fourth-order valence-corrected chi connectivity index (χ4v) is 1.58. The minimum absolute atomic E-state index is 0.654. The van der Waals surface area contributed by atoms with Gasteiger partial charge >= 0.3 is 0 Å². The largest absolute Gasteiger partial charge is 0.454 e. The van der Waals surface area contributed by atoms with Crippen LogP contribution in [-0.2, 0) is 6.42 Å². The summed E-state index contributed by atoms with van der Waals surface area (Å²) in [7, 11) is 0. The van der Waals surface area contributed by atoms with Crippen molar-refractivity contribution in [1.82, 2.24) is 9.97 Å². The van der Waals surface area contributed by atoms with E-state index in [1.165, 1.54) is 0 Å². The molecule has 0 amide bonds. The fraction of sp³-hybridized carbons (Fsp3) is 0.286. The molecule has 4 nitrogen and oxygen atoms in total. The van der Waals surface area contributed by atoms with E-state index in [1.54, 1.807) is 12.4 Å². The molecule has 0 saturated carbocycles. The van der Waals surface area contributed by atoms with Gasteiger partial charge in [0.1, 0.15) is 11.6 Å². The number of hydrogen-bond donors (Lipinski definition) is 1. The topological polar surface area (TPSA) is 61.0 Å². The van der Waals surface area contributed by atoms with Gasteiger partial charge in [-0.3, -0.25) is 0 Å². The molecular weight excluding hydrogens is 226 g/mol. The van der Waals surface area contributed by atoms with E-state index in [1.807, 2.05) is 31.2 Å². The molecule has 0 atom stereocenters. The first-order chi connectivity index (χ1) is 8.79. The van der Waals surface area contributed by atoms with E-state index in [9.17, 15) is 0 Å². The molecule has 0 bridgehead atoms. The zero-order valence-corrected chi connectivity index (χ0v) is 10.5. The normalized spacial score (nSPS) is 10.3. The Balaban J connectivity index is 2.04. The first-order valence-corrected chi connectivity index (χ1v) is 6.04. The molecule has 4 heteroatoms. The summed E-state index contributed by atoms with van der Waals surface area (Å²) in [6.07, 6.45) is 5.11. The van der Waals surface area contributed by atoms with Crippen molar-refractivity contribution < 1.29 is 4.74 Å². The van der Waals surface area contributed by atoms with Crippen LogP contribution < -0.4 is 10.5 Å². The second kappa shape index (κ2) is 6.12. The average Bonchev–Trinajstić information content (AvgIpc) is 2.41. The Hall–Kier alpha value is -1.94. The lowest BCUT2D eigenvalue weighted by Gasteiger charge is -2.07. The zero-order valence-electron chi connectivity index (χ0n) is 10.5. The van der Waals surface area contributed by atoms with Gasteiger partial charge in [-0.1, -0.05) is 18.2 Å². The molecule has 0 spiro atoms. The zero-order chi connectivity index (χ0) is 12.8. The van der Waals surface area contributed by atoms with Crippen molar-refractivity contribution in [2.75, 3.05) is 6.54 Å². The second-order valence-electron chi connectivity index (χ2n) is 4.09. The Morgan fingerprint density at radius 2 is 1.89 bits per heavy atom. The summed E-state index contributed by atoms with van der Waals surface area (Å²) in [6.45, 7) is 2.66. The van der Waals surface area contributed by atoms with E-state index in [4.69, 9.17) is 10.5 Å². The van der Waals surface area contributed by atoms with E-state index in [-0.39, 0.29) is 0 Å². The number of nitrogens with two attached hydrogens (primary N) is 1. The molecule has 2 rings (SSSR count). The van der Waals surface area contributed by atoms with Crippen molar-refractivity contribution in [1.29, 1.82) is 0 Å². The molecule has 1 heterocycles. The molecular formula is C14H17N3O. The van der Waals surface area contributed by atoms with Crippen LogP contribution in [0.25, 0.3) is 0 Å².